The average Bonchev–Trinajstić information content (AvgIpc) is 2.78. The molecular formula is C13H16N2O. The predicted octanol–water partition coefficient (Wildman–Crippen LogP) is 2.01. The summed E-state index contributed by atoms with van der Waals surface area (Å²) < 4.78 is 5.66. The van der Waals surface area contributed by atoms with Gasteiger partial charge in [-0.15, -0.1) is 0 Å². The third kappa shape index (κ3) is 2.98. The Hall–Kier alpha value is -1.53. The summed E-state index contributed by atoms with van der Waals surface area (Å²) in [6.45, 7) is 3.16. The fourth-order valence-electron chi connectivity index (χ4n) is 1.98. The Morgan fingerprint density at radius 3 is 2.88 bits per heavy atom. The predicted molar refractivity (Wildman–Crippen MR) is 61.4 cm³/mol. The molecule has 0 aliphatic carbocycles. The van der Waals surface area contributed by atoms with Gasteiger partial charge in [0.05, 0.1) is 13.2 Å². The summed E-state index contributed by atoms with van der Waals surface area (Å²) in [5.74, 6) is 0.517. The topological polar surface area (TPSA) is 36.3 Å². The number of nitrogens with zero attached hydrogens (tertiary/aromatic N) is 2. The second kappa shape index (κ2) is 5.53. The standard InChI is InChI=1S/C13H16N2O/c14-11-15-7-6-13(8-15)10-16-9-12-4-2-1-3-5-12/h1-5,13H,6-10H2. The Labute approximate surface area is 96.2 Å². The minimum atomic E-state index is 0.517. The minimum Gasteiger partial charge on any atom is -0.376 e. The quantitative estimate of drug-likeness (QED) is 0.722. The van der Waals surface area contributed by atoms with Crippen LogP contribution >= 0.6 is 0 Å². The molecule has 0 bridgehead atoms. The summed E-state index contributed by atoms with van der Waals surface area (Å²) in [5, 5.41) is 8.72. The molecule has 1 aromatic carbocycles. The fourth-order valence-corrected chi connectivity index (χ4v) is 1.98. The second-order valence-corrected chi connectivity index (χ2v) is 4.20. The van der Waals surface area contributed by atoms with Gasteiger partial charge in [0.15, 0.2) is 6.19 Å². The lowest BCUT2D eigenvalue weighted by Gasteiger charge is -2.10. The van der Waals surface area contributed by atoms with Crippen LogP contribution in [0.25, 0.3) is 0 Å². The highest BCUT2D eigenvalue weighted by molar-refractivity contribution is 5.13. The van der Waals surface area contributed by atoms with E-state index in [2.05, 4.69) is 18.3 Å². The largest absolute Gasteiger partial charge is 0.376 e. The van der Waals surface area contributed by atoms with Gasteiger partial charge in [-0.05, 0) is 12.0 Å². The first-order chi connectivity index (χ1) is 7.88. The summed E-state index contributed by atoms with van der Waals surface area (Å²) in [4.78, 5) is 1.80. The van der Waals surface area contributed by atoms with Gasteiger partial charge in [-0.1, -0.05) is 30.3 Å². The zero-order valence-corrected chi connectivity index (χ0v) is 9.30. The lowest BCUT2D eigenvalue weighted by molar-refractivity contribution is 0.0905. The summed E-state index contributed by atoms with van der Waals surface area (Å²) in [6, 6.07) is 10.2. The van der Waals surface area contributed by atoms with Crippen molar-refractivity contribution in [1.82, 2.24) is 4.90 Å². The minimum absolute atomic E-state index is 0.517. The van der Waals surface area contributed by atoms with Gasteiger partial charge in [-0.3, -0.25) is 0 Å². The lowest BCUT2D eigenvalue weighted by atomic mass is 10.1. The molecule has 1 atom stereocenters. The number of rotatable bonds is 4. The fraction of sp³-hybridized carbons (Fsp3) is 0.462. The van der Waals surface area contributed by atoms with Crippen LogP contribution in [0.2, 0.25) is 0 Å². The summed E-state index contributed by atoms with van der Waals surface area (Å²) >= 11 is 0. The van der Waals surface area contributed by atoms with Crippen molar-refractivity contribution in [3.8, 4) is 6.19 Å². The zero-order chi connectivity index (χ0) is 11.2. The van der Waals surface area contributed by atoms with Gasteiger partial charge in [0, 0.05) is 19.0 Å². The van der Waals surface area contributed by atoms with Crippen LogP contribution in [0.1, 0.15) is 12.0 Å². The van der Waals surface area contributed by atoms with E-state index in [0.29, 0.717) is 12.5 Å². The SMILES string of the molecule is N#CN1CCC(COCc2ccccc2)C1. The van der Waals surface area contributed by atoms with Gasteiger partial charge in [0.1, 0.15) is 0 Å². The first-order valence-electron chi connectivity index (χ1n) is 5.65. The molecule has 3 nitrogen and oxygen atoms in total. The highest BCUT2D eigenvalue weighted by Gasteiger charge is 2.21. The van der Waals surface area contributed by atoms with E-state index < -0.39 is 0 Å². The zero-order valence-electron chi connectivity index (χ0n) is 9.30. The van der Waals surface area contributed by atoms with Gasteiger partial charge in [-0.2, -0.15) is 5.26 Å². The molecule has 1 unspecified atom stereocenters. The van der Waals surface area contributed by atoms with E-state index in [1.165, 1.54) is 5.56 Å². The van der Waals surface area contributed by atoms with Crippen LogP contribution in [0.15, 0.2) is 30.3 Å². The van der Waals surface area contributed by atoms with Crippen molar-refractivity contribution >= 4 is 0 Å². The van der Waals surface area contributed by atoms with Crippen LogP contribution in [0, 0.1) is 17.4 Å². The van der Waals surface area contributed by atoms with Crippen LogP contribution in [0.4, 0.5) is 0 Å². The smallest absolute Gasteiger partial charge is 0.179 e. The van der Waals surface area contributed by atoms with Gasteiger partial charge in [0.25, 0.3) is 0 Å². The number of likely N-dealkylation sites (tertiary alicyclic amines) is 1. The van der Waals surface area contributed by atoms with Crippen molar-refractivity contribution in [2.24, 2.45) is 5.92 Å². The van der Waals surface area contributed by atoms with Crippen LogP contribution in [0.3, 0.4) is 0 Å². The number of ether oxygens (including phenoxy) is 1. The van der Waals surface area contributed by atoms with E-state index in [-0.39, 0.29) is 0 Å². The normalized spacial score (nSPS) is 19.7. The maximum absolute atomic E-state index is 8.72. The number of benzene rings is 1. The van der Waals surface area contributed by atoms with Crippen molar-refractivity contribution in [3.63, 3.8) is 0 Å². The van der Waals surface area contributed by atoms with Gasteiger partial charge in [-0.25, -0.2) is 0 Å². The molecule has 1 saturated heterocycles. The molecule has 1 aliphatic rings. The van der Waals surface area contributed by atoms with Crippen LogP contribution < -0.4 is 0 Å². The lowest BCUT2D eigenvalue weighted by Crippen LogP contribution is -2.16. The molecule has 0 radical (unpaired) electrons. The van der Waals surface area contributed by atoms with Gasteiger partial charge in [0.2, 0.25) is 0 Å². The molecule has 1 aliphatic heterocycles. The van der Waals surface area contributed by atoms with Crippen molar-refractivity contribution in [2.75, 3.05) is 19.7 Å². The number of hydrogen-bond donors (Lipinski definition) is 0. The van der Waals surface area contributed by atoms with Crippen LogP contribution in [-0.4, -0.2) is 24.6 Å². The van der Waals surface area contributed by atoms with Crippen LogP contribution in [-0.2, 0) is 11.3 Å². The second-order valence-electron chi connectivity index (χ2n) is 4.20. The third-order valence-corrected chi connectivity index (χ3v) is 2.89. The maximum atomic E-state index is 8.72. The van der Waals surface area contributed by atoms with E-state index in [9.17, 15) is 0 Å². The average molecular weight is 216 g/mol. The molecule has 0 aromatic heterocycles. The first-order valence-corrected chi connectivity index (χ1v) is 5.65. The van der Waals surface area contributed by atoms with Gasteiger partial charge < -0.3 is 9.64 Å². The van der Waals surface area contributed by atoms with E-state index >= 15 is 0 Å². The summed E-state index contributed by atoms with van der Waals surface area (Å²) in [7, 11) is 0. The molecule has 2 rings (SSSR count). The molecule has 1 heterocycles. The van der Waals surface area contributed by atoms with E-state index in [4.69, 9.17) is 10.00 Å². The first kappa shape index (κ1) is 11.0. The molecule has 0 saturated carbocycles. The third-order valence-electron chi connectivity index (χ3n) is 2.89. The highest BCUT2D eigenvalue weighted by atomic mass is 16.5. The Morgan fingerprint density at radius 2 is 2.19 bits per heavy atom. The highest BCUT2D eigenvalue weighted by Crippen LogP contribution is 2.15. The molecule has 84 valence electrons. The van der Waals surface area contributed by atoms with Gasteiger partial charge >= 0.3 is 0 Å². The summed E-state index contributed by atoms with van der Waals surface area (Å²) in [6.07, 6.45) is 3.25. The molecule has 0 amide bonds. The molecule has 3 heteroatoms. The Bertz CT molecular complexity index is 358. The van der Waals surface area contributed by atoms with E-state index in [1.54, 1.807) is 4.90 Å². The van der Waals surface area contributed by atoms with E-state index in [1.807, 2.05) is 18.2 Å². The molecule has 1 aromatic rings. The number of hydrogen-bond acceptors (Lipinski definition) is 3. The monoisotopic (exact) mass is 216 g/mol. The Morgan fingerprint density at radius 1 is 1.38 bits per heavy atom. The van der Waals surface area contributed by atoms with E-state index in [0.717, 1.165) is 26.1 Å². The maximum Gasteiger partial charge on any atom is 0.179 e. The molecule has 16 heavy (non-hydrogen) atoms. The molecule has 1 fully saturated rings. The summed E-state index contributed by atoms with van der Waals surface area (Å²) in [5.41, 5.74) is 1.21. The van der Waals surface area contributed by atoms with Crippen molar-refractivity contribution in [1.29, 1.82) is 5.26 Å². The molecular weight excluding hydrogens is 200 g/mol. The number of nitriles is 1. The molecule has 0 N–H and O–H groups in total. The van der Waals surface area contributed by atoms with Crippen molar-refractivity contribution < 1.29 is 4.74 Å². The Kier molecular flexibility index (Phi) is 3.79. The van der Waals surface area contributed by atoms with Crippen molar-refractivity contribution in [2.45, 2.75) is 13.0 Å². The van der Waals surface area contributed by atoms with Crippen LogP contribution in [0.5, 0.6) is 0 Å². The molecule has 0 spiro atoms. The Balaban J connectivity index is 1.68. The van der Waals surface area contributed by atoms with Crippen molar-refractivity contribution in [3.05, 3.63) is 35.9 Å².